The highest BCUT2D eigenvalue weighted by atomic mass is 16.2. The molecule has 1 heterocycles. The van der Waals surface area contributed by atoms with Crippen LogP contribution in [0.1, 0.15) is 47.7 Å². The first-order chi connectivity index (χ1) is 8.51. The van der Waals surface area contributed by atoms with E-state index in [9.17, 15) is 9.59 Å². The number of amides is 2. The topological polar surface area (TPSA) is 81.2 Å². The van der Waals surface area contributed by atoms with Crippen LogP contribution in [0, 0.1) is 6.07 Å². The number of nitrogens with zero attached hydrogens (tertiary/aromatic N) is 3. The summed E-state index contributed by atoms with van der Waals surface area (Å²) in [6, 6.07) is 2.66. The molecule has 0 unspecified atom stereocenters. The Balaban J connectivity index is 2.97. The lowest BCUT2D eigenvalue weighted by Gasteiger charge is -2.21. The Kier molecular flexibility index (Phi) is 4.88. The van der Waals surface area contributed by atoms with E-state index in [1.165, 1.54) is 4.68 Å². The third-order valence-corrected chi connectivity index (χ3v) is 2.52. The van der Waals surface area contributed by atoms with Gasteiger partial charge in [-0.05, 0) is 12.8 Å². The molecule has 2 amide bonds. The van der Waals surface area contributed by atoms with E-state index < -0.39 is 5.91 Å². The zero-order valence-electron chi connectivity index (χ0n) is 11.1. The molecule has 6 heteroatoms. The van der Waals surface area contributed by atoms with Gasteiger partial charge in [-0.2, -0.15) is 5.10 Å². The standard InChI is InChI=1S/C12H19N4O2/c1-4-6-16(7-5-2)12(18)10-8-9(11(13)17)14-15(10)3/h4-7H2,1-3H3,(H2,13,17). The van der Waals surface area contributed by atoms with E-state index in [0.717, 1.165) is 12.8 Å². The predicted molar refractivity (Wildman–Crippen MR) is 67.0 cm³/mol. The van der Waals surface area contributed by atoms with Crippen molar-refractivity contribution in [3.8, 4) is 0 Å². The van der Waals surface area contributed by atoms with Crippen LogP contribution in [0.25, 0.3) is 0 Å². The van der Waals surface area contributed by atoms with Crippen molar-refractivity contribution >= 4 is 11.8 Å². The summed E-state index contributed by atoms with van der Waals surface area (Å²) in [5, 5.41) is 3.87. The average Bonchev–Trinajstić information content (AvgIpc) is 2.70. The maximum Gasteiger partial charge on any atom is 0.272 e. The van der Waals surface area contributed by atoms with Crippen LogP contribution in [-0.4, -0.2) is 39.6 Å². The lowest BCUT2D eigenvalue weighted by atomic mass is 10.2. The first kappa shape index (κ1) is 14.2. The molecular formula is C12H19N4O2. The zero-order valence-corrected chi connectivity index (χ0v) is 11.1. The van der Waals surface area contributed by atoms with Crippen LogP contribution in [0.5, 0.6) is 0 Å². The Morgan fingerprint density at radius 3 is 2.28 bits per heavy atom. The van der Waals surface area contributed by atoms with Gasteiger partial charge in [0.05, 0.1) is 6.07 Å². The number of aromatic nitrogens is 2. The molecule has 1 radical (unpaired) electrons. The number of carbonyl (C=O) groups is 2. The van der Waals surface area contributed by atoms with Crippen LogP contribution in [-0.2, 0) is 7.05 Å². The maximum atomic E-state index is 12.3. The highest BCUT2D eigenvalue weighted by Gasteiger charge is 2.21. The fourth-order valence-electron chi connectivity index (χ4n) is 1.73. The summed E-state index contributed by atoms with van der Waals surface area (Å²) in [5.74, 6) is -0.844. The summed E-state index contributed by atoms with van der Waals surface area (Å²) in [6.07, 6.45) is 1.76. The summed E-state index contributed by atoms with van der Waals surface area (Å²) in [7, 11) is 1.60. The molecule has 1 rings (SSSR count). The average molecular weight is 251 g/mol. The first-order valence-corrected chi connectivity index (χ1v) is 6.06. The van der Waals surface area contributed by atoms with Gasteiger partial charge < -0.3 is 10.6 Å². The Morgan fingerprint density at radius 2 is 1.89 bits per heavy atom. The van der Waals surface area contributed by atoms with Gasteiger partial charge in [0.2, 0.25) is 0 Å². The second kappa shape index (κ2) is 6.18. The molecule has 6 nitrogen and oxygen atoms in total. The number of carbonyl (C=O) groups excluding carboxylic acids is 2. The quantitative estimate of drug-likeness (QED) is 0.803. The lowest BCUT2D eigenvalue weighted by Crippen LogP contribution is -2.33. The summed E-state index contributed by atoms with van der Waals surface area (Å²) in [5.41, 5.74) is 5.38. The number of rotatable bonds is 6. The molecule has 0 saturated carbocycles. The van der Waals surface area contributed by atoms with E-state index >= 15 is 0 Å². The smallest absolute Gasteiger partial charge is 0.272 e. The van der Waals surface area contributed by atoms with Crippen molar-refractivity contribution in [3.63, 3.8) is 0 Å². The van der Waals surface area contributed by atoms with E-state index in [0.29, 0.717) is 13.1 Å². The van der Waals surface area contributed by atoms with Crippen molar-refractivity contribution in [1.82, 2.24) is 14.7 Å². The summed E-state index contributed by atoms with van der Waals surface area (Å²) in [4.78, 5) is 25.0. The minimum atomic E-state index is -0.679. The molecule has 0 fully saturated rings. The van der Waals surface area contributed by atoms with Crippen molar-refractivity contribution < 1.29 is 9.59 Å². The number of hydrogen-bond acceptors (Lipinski definition) is 3. The van der Waals surface area contributed by atoms with Gasteiger partial charge in [-0.15, -0.1) is 0 Å². The molecule has 2 N–H and O–H groups in total. The van der Waals surface area contributed by atoms with Gasteiger partial charge in [0.25, 0.3) is 11.8 Å². The van der Waals surface area contributed by atoms with Gasteiger partial charge in [-0.25, -0.2) is 0 Å². The number of nitrogens with two attached hydrogens (primary N) is 1. The second-order valence-electron chi connectivity index (χ2n) is 4.10. The monoisotopic (exact) mass is 251 g/mol. The number of primary amides is 1. The van der Waals surface area contributed by atoms with Crippen LogP contribution < -0.4 is 5.73 Å². The van der Waals surface area contributed by atoms with Crippen LogP contribution in [0.4, 0.5) is 0 Å². The summed E-state index contributed by atoms with van der Waals surface area (Å²) < 4.78 is 1.35. The highest BCUT2D eigenvalue weighted by molar-refractivity contribution is 5.96. The minimum absolute atomic E-state index is 0.00574. The Hall–Kier alpha value is -1.85. The molecule has 0 aliphatic rings. The zero-order chi connectivity index (χ0) is 13.7. The third-order valence-electron chi connectivity index (χ3n) is 2.52. The van der Waals surface area contributed by atoms with Crippen molar-refractivity contribution in [2.45, 2.75) is 26.7 Å². The normalized spacial score (nSPS) is 10.4. The van der Waals surface area contributed by atoms with Crippen LogP contribution in [0.2, 0.25) is 0 Å². The van der Waals surface area contributed by atoms with Crippen molar-refractivity contribution in [3.05, 3.63) is 17.5 Å². The van der Waals surface area contributed by atoms with E-state index in [4.69, 9.17) is 5.73 Å². The van der Waals surface area contributed by atoms with Crippen molar-refractivity contribution in [2.24, 2.45) is 12.8 Å². The van der Waals surface area contributed by atoms with Crippen molar-refractivity contribution in [1.29, 1.82) is 0 Å². The first-order valence-electron chi connectivity index (χ1n) is 6.06. The Bertz CT molecular complexity index is 433. The summed E-state index contributed by atoms with van der Waals surface area (Å²) >= 11 is 0. The Morgan fingerprint density at radius 1 is 1.33 bits per heavy atom. The van der Waals surface area contributed by atoms with Gasteiger partial charge in [-0.1, -0.05) is 13.8 Å². The third kappa shape index (κ3) is 3.09. The minimum Gasteiger partial charge on any atom is -0.364 e. The van der Waals surface area contributed by atoms with Gasteiger partial charge in [0.15, 0.2) is 5.69 Å². The van der Waals surface area contributed by atoms with Gasteiger partial charge >= 0.3 is 0 Å². The SMILES string of the molecule is CCCN(CCC)C(=O)c1[c]c(C(N)=O)nn1C. The molecule has 0 saturated heterocycles. The molecule has 18 heavy (non-hydrogen) atoms. The molecule has 0 bridgehead atoms. The van der Waals surface area contributed by atoms with Gasteiger partial charge in [0.1, 0.15) is 5.69 Å². The molecule has 0 spiro atoms. The van der Waals surface area contributed by atoms with E-state index in [-0.39, 0.29) is 17.3 Å². The molecular weight excluding hydrogens is 232 g/mol. The molecule has 1 aromatic rings. The molecule has 0 aliphatic carbocycles. The molecule has 1 aromatic heterocycles. The van der Waals surface area contributed by atoms with Gasteiger partial charge in [0, 0.05) is 20.1 Å². The molecule has 0 aromatic carbocycles. The number of aryl methyl sites for hydroxylation is 1. The van der Waals surface area contributed by atoms with Crippen LogP contribution in [0.3, 0.4) is 0 Å². The fraction of sp³-hybridized carbons (Fsp3) is 0.583. The van der Waals surface area contributed by atoms with E-state index in [2.05, 4.69) is 11.2 Å². The van der Waals surface area contributed by atoms with E-state index in [1.807, 2.05) is 13.8 Å². The predicted octanol–water partition coefficient (Wildman–Crippen LogP) is 0.581. The number of hydrogen-bond donors (Lipinski definition) is 1. The largest absolute Gasteiger partial charge is 0.364 e. The highest BCUT2D eigenvalue weighted by Crippen LogP contribution is 2.07. The Labute approximate surface area is 107 Å². The van der Waals surface area contributed by atoms with Crippen molar-refractivity contribution in [2.75, 3.05) is 13.1 Å². The van der Waals surface area contributed by atoms with Gasteiger partial charge in [-0.3, -0.25) is 14.3 Å². The molecule has 0 aliphatic heterocycles. The fourth-order valence-corrected chi connectivity index (χ4v) is 1.73. The summed E-state index contributed by atoms with van der Waals surface area (Å²) in [6.45, 7) is 5.38. The van der Waals surface area contributed by atoms with E-state index in [1.54, 1.807) is 11.9 Å². The van der Waals surface area contributed by atoms with Crippen LogP contribution >= 0.6 is 0 Å². The molecule has 99 valence electrons. The lowest BCUT2D eigenvalue weighted by molar-refractivity contribution is 0.0744. The maximum absolute atomic E-state index is 12.3. The second-order valence-corrected chi connectivity index (χ2v) is 4.10. The van der Waals surface area contributed by atoms with Crippen LogP contribution in [0.15, 0.2) is 0 Å². The molecule has 0 atom stereocenters.